The van der Waals surface area contributed by atoms with Crippen LogP contribution in [-0.2, 0) is 11.3 Å². The van der Waals surface area contributed by atoms with Crippen molar-refractivity contribution in [1.29, 1.82) is 0 Å². The van der Waals surface area contributed by atoms with Crippen molar-refractivity contribution < 1.29 is 4.74 Å². The Bertz CT molecular complexity index is 432. The fourth-order valence-electron chi connectivity index (χ4n) is 2.83. The molecule has 2 heterocycles. The summed E-state index contributed by atoms with van der Waals surface area (Å²) in [4.78, 5) is 7.02. The second-order valence-electron chi connectivity index (χ2n) is 5.63. The number of rotatable bonds is 4. The first-order valence-electron chi connectivity index (χ1n) is 7.03. The summed E-state index contributed by atoms with van der Waals surface area (Å²) in [5.74, 6) is 0.654. The molecule has 1 aliphatic rings. The van der Waals surface area contributed by atoms with Crippen LogP contribution < -0.4 is 5.73 Å². The van der Waals surface area contributed by atoms with Gasteiger partial charge in [-0.2, -0.15) is 0 Å². The highest BCUT2D eigenvalue weighted by Gasteiger charge is 2.21. The number of hydrogen-bond acceptors (Lipinski definition) is 4. The molecule has 0 bridgehead atoms. The van der Waals surface area contributed by atoms with E-state index in [-0.39, 0.29) is 0 Å². The number of nitrogens with two attached hydrogens (primary N) is 1. The molecule has 1 aromatic rings. The molecule has 0 saturated carbocycles. The largest absolute Gasteiger partial charge is 0.398 e. The van der Waals surface area contributed by atoms with Gasteiger partial charge in [-0.05, 0) is 50.3 Å². The first-order valence-corrected chi connectivity index (χ1v) is 7.03. The maximum absolute atomic E-state index is 6.08. The lowest BCUT2D eigenvalue weighted by Crippen LogP contribution is -2.37. The predicted molar refractivity (Wildman–Crippen MR) is 78.0 cm³/mol. The molecule has 1 aromatic heterocycles. The predicted octanol–water partition coefficient (Wildman–Crippen LogP) is 2.14. The summed E-state index contributed by atoms with van der Waals surface area (Å²) in [6.07, 6.45) is 4.40. The molecule has 1 fully saturated rings. The van der Waals surface area contributed by atoms with Crippen LogP contribution in [0.3, 0.4) is 0 Å². The third-order valence-corrected chi connectivity index (χ3v) is 4.05. The number of aromatic nitrogens is 1. The van der Waals surface area contributed by atoms with E-state index in [0.29, 0.717) is 5.92 Å². The maximum Gasteiger partial charge on any atom is 0.0593 e. The smallest absolute Gasteiger partial charge is 0.0593 e. The summed E-state index contributed by atoms with van der Waals surface area (Å²) >= 11 is 0. The fraction of sp³-hybridized carbons (Fsp3) is 0.667. The van der Waals surface area contributed by atoms with Gasteiger partial charge in [-0.25, -0.2) is 0 Å². The van der Waals surface area contributed by atoms with Crippen molar-refractivity contribution in [2.24, 2.45) is 5.92 Å². The van der Waals surface area contributed by atoms with Crippen molar-refractivity contribution in [2.45, 2.75) is 33.2 Å². The summed E-state index contributed by atoms with van der Waals surface area (Å²) in [6.45, 7) is 8.09. The molecular formula is C15H25N3O. The minimum atomic E-state index is 0.654. The number of ether oxygens (including phenoxy) is 1. The number of piperidine rings is 1. The van der Waals surface area contributed by atoms with Crippen LogP contribution in [0.25, 0.3) is 0 Å². The highest BCUT2D eigenvalue weighted by Crippen LogP contribution is 2.22. The molecule has 1 saturated heterocycles. The summed E-state index contributed by atoms with van der Waals surface area (Å²) in [5.41, 5.74) is 10.3. The van der Waals surface area contributed by atoms with E-state index in [1.165, 1.54) is 12.8 Å². The highest BCUT2D eigenvalue weighted by molar-refractivity contribution is 5.53. The highest BCUT2D eigenvalue weighted by atomic mass is 16.5. The zero-order chi connectivity index (χ0) is 13.8. The summed E-state index contributed by atoms with van der Waals surface area (Å²) in [5, 5.41) is 0. The first kappa shape index (κ1) is 14.3. The lowest BCUT2D eigenvalue weighted by Gasteiger charge is -2.32. The zero-order valence-corrected chi connectivity index (χ0v) is 12.3. The average Bonchev–Trinajstić information content (AvgIpc) is 2.40. The minimum absolute atomic E-state index is 0.654. The van der Waals surface area contributed by atoms with Crippen LogP contribution in [0.2, 0.25) is 0 Å². The third kappa shape index (κ3) is 3.45. The van der Waals surface area contributed by atoms with Crippen LogP contribution in [0, 0.1) is 19.8 Å². The molecule has 106 valence electrons. The standard InChI is InChI=1S/C15H25N3O/c1-11-7-17-14(12(2)15(11)16)9-18-6-4-5-13(8-18)10-19-3/h7,13H,4-6,8-10H2,1-3H3,(H2,16,17). The van der Waals surface area contributed by atoms with Crippen LogP contribution >= 0.6 is 0 Å². The van der Waals surface area contributed by atoms with E-state index in [1.807, 2.05) is 13.1 Å². The fourth-order valence-corrected chi connectivity index (χ4v) is 2.83. The Morgan fingerprint density at radius 1 is 1.47 bits per heavy atom. The van der Waals surface area contributed by atoms with Gasteiger partial charge in [0.05, 0.1) is 12.3 Å². The Hall–Kier alpha value is -1.13. The van der Waals surface area contributed by atoms with Gasteiger partial charge in [0, 0.05) is 32.1 Å². The lowest BCUT2D eigenvalue weighted by molar-refractivity contribution is 0.0867. The van der Waals surface area contributed by atoms with Crippen LogP contribution in [0.1, 0.15) is 29.7 Å². The number of likely N-dealkylation sites (tertiary alicyclic amines) is 1. The van der Waals surface area contributed by atoms with Crippen LogP contribution in [0.5, 0.6) is 0 Å². The molecule has 4 heteroatoms. The van der Waals surface area contributed by atoms with Gasteiger partial charge in [0.15, 0.2) is 0 Å². The second-order valence-corrected chi connectivity index (χ2v) is 5.63. The van der Waals surface area contributed by atoms with E-state index in [4.69, 9.17) is 10.5 Å². The van der Waals surface area contributed by atoms with Gasteiger partial charge in [0.25, 0.3) is 0 Å². The Balaban J connectivity index is 2.03. The Labute approximate surface area is 116 Å². The van der Waals surface area contributed by atoms with E-state index < -0.39 is 0 Å². The Morgan fingerprint density at radius 2 is 2.26 bits per heavy atom. The molecule has 1 unspecified atom stereocenters. The first-order chi connectivity index (χ1) is 9.11. The van der Waals surface area contributed by atoms with Crippen LogP contribution in [0.15, 0.2) is 6.20 Å². The van der Waals surface area contributed by atoms with Crippen molar-refractivity contribution in [3.8, 4) is 0 Å². The van der Waals surface area contributed by atoms with Crippen molar-refractivity contribution >= 4 is 5.69 Å². The molecule has 1 aliphatic heterocycles. The number of hydrogen-bond donors (Lipinski definition) is 1. The number of anilines is 1. The summed E-state index contributed by atoms with van der Waals surface area (Å²) in [7, 11) is 1.78. The SMILES string of the molecule is COCC1CCCN(Cc2ncc(C)c(N)c2C)C1. The molecule has 0 amide bonds. The van der Waals surface area contributed by atoms with Gasteiger partial charge in [0.2, 0.25) is 0 Å². The molecule has 19 heavy (non-hydrogen) atoms. The third-order valence-electron chi connectivity index (χ3n) is 4.05. The number of methoxy groups -OCH3 is 1. The Kier molecular flexibility index (Phi) is 4.77. The maximum atomic E-state index is 6.08. The number of nitrogen functional groups attached to an aromatic ring is 1. The van der Waals surface area contributed by atoms with Gasteiger partial charge in [-0.1, -0.05) is 0 Å². The van der Waals surface area contributed by atoms with Crippen molar-refractivity contribution in [3.05, 3.63) is 23.0 Å². The molecule has 0 radical (unpaired) electrons. The van der Waals surface area contributed by atoms with E-state index >= 15 is 0 Å². The van der Waals surface area contributed by atoms with E-state index in [2.05, 4.69) is 16.8 Å². The van der Waals surface area contributed by atoms with Crippen LogP contribution in [-0.4, -0.2) is 36.7 Å². The monoisotopic (exact) mass is 263 g/mol. The van der Waals surface area contributed by atoms with E-state index in [0.717, 1.165) is 48.7 Å². The van der Waals surface area contributed by atoms with Crippen molar-refractivity contribution in [1.82, 2.24) is 9.88 Å². The molecular weight excluding hydrogens is 238 g/mol. The van der Waals surface area contributed by atoms with Gasteiger partial charge in [0.1, 0.15) is 0 Å². The zero-order valence-electron chi connectivity index (χ0n) is 12.3. The lowest BCUT2D eigenvalue weighted by atomic mass is 9.98. The molecule has 2 rings (SSSR count). The summed E-state index contributed by atoms with van der Waals surface area (Å²) in [6, 6.07) is 0. The normalized spacial score (nSPS) is 20.7. The number of pyridine rings is 1. The minimum Gasteiger partial charge on any atom is -0.398 e. The molecule has 0 spiro atoms. The number of aryl methyl sites for hydroxylation is 1. The summed E-state index contributed by atoms with van der Waals surface area (Å²) < 4.78 is 5.28. The Morgan fingerprint density at radius 3 is 3.00 bits per heavy atom. The van der Waals surface area contributed by atoms with Gasteiger partial charge < -0.3 is 10.5 Å². The molecule has 4 nitrogen and oxygen atoms in total. The van der Waals surface area contributed by atoms with Gasteiger partial charge in [-0.3, -0.25) is 9.88 Å². The van der Waals surface area contributed by atoms with Gasteiger partial charge in [-0.15, -0.1) is 0 Å². The van der Waals surface area contributed by atoms with E-state index in [9.17, 15) is 0 Å². The topological polar surface area (TPSA) is 51.4 Å². The second kappa shape index (κ2) is 6.35. The van der Waals surface area contributed by atoms with Gasteiger partial charge >= 0.3 is 0 Å². The number of nitrogens with zero attached hydrogens (tertiary/aromatic N) is 2. The molecule has 0 aromatic carbocycles. The molecule has 2 N–H and O–H groups in total. The van der Waals surface area contributed by atoms with Crippen molar-refractivity contribution in [3.63, 3.8) is 0 Å². The molecule has 0 aliphatic carbocycles. The quantitative estimate of drug-likeness (QED) is 0.904. The van der Waals surface area contributed by atoms with E-state index in [1.54, 1.807) is 7.11 Å². The molecule has 1 atom stereocenters. The average molecular weight is 263 g/mol. The van der Waals surface area contributed by atoms with Crippen LogP contribution in [0.4, 0.5) is 5.69 Å². The van der Waals surface area contributed by atoms with Crippen molar-refractivity contribution in [2.75, 3.05) is 32.5 Å².